The molecule has 0 aliphatic carbocycles. The molecule has 0 radical (unpaired) electrons. The summed E-state index contributed by atoms with van der Waals surface area (Å²) in [4.78, 5) is 9.91. The first-order valence-electron chi connectivity index (χ1n) is 12.8. The number of rotatable bonds is 4. The summed E-state index contributed by atoms with van der Waals surface area (Å²) >= 11 is 0. The second-order valence-corrected chi connectivity index (χ2v) is 9.98. The van der Waals surface area contributed by atoms with E-state index in [4.69, 9.17) is 0 Å². The number of nitrogens with zero attached hydrogens (tertiary/aromatic N) is 3. The molecule has 1 heterocycles. The molecule has 0 N–H and O–H groups in total. The number of aromatic nitrogens is 3. The summed E-state index contributed by atoms with van der Waals surface area (Å²) in [5.41, 5.74) is -13.1. The van der Waals surface area contributed by atoms with E-state index in [1.807, 2.05) is 0 Å². The minimum Gasteiger partial charge on any atom is -0.208 e. The summed E-state index contributed by atoms with van der Waals surface area (Å²) in [6.07, 6.45) is 0. The van der Waals surface area contributed by atoms with Crippen LogP contribution in [0.4, 0.5) is 65.9 Å². The van der Waals surface area contributed by atoms with Crippen molar-refractivity contribution in [3.63, 3.8) is 0 Å². The monoisotopic (exact) mass is 697 g/mol. The molecule has 18 heteroatoms. The first-order valence-corrected chi connectivity index (χ1v) is 12.8. The molecule has 250 valence electrons. The fourth-order valence-electron chi connectivity index (χ4n) is 4.64. The highest BCUT2D eigenvalue weighted by Gasteiger charge is 2.35. The summed E-state index contributed by atoms with van der Waals surface area (Å²) in [7, 11) is 0. The Morgan fingerprint density at radius 2 is 0.562 bits per heavy atom. The summed E-state index contributed by atoms with van der Waals surface area (Å²) in [5.74, 6) is -39.3. The lowest BCUT2D eigenvalue weighted by Gasteiger charge is -2.16. The molecule has 0 spiro atoms. The lowest BCUT2D eigenvalue weighted by atomic mass is 9.98. The Labute approximate surface area is 257 Å². The van der Waals surface area contributed by atoms with Crippen molar-refractivity contribution in [2.45, 2.75) is 20.8 Å². The zero-order chi connectivity index (χ0) is 35.8. The van der Waals surface area contributed by atoms with Crippen LogP contribution in [0.3, 0.4) is 0 Å². The minimum atomic E-state index is -2.76. The molecule has 0 saturated carbocycles. The third-order valence-corrected chi connectivity index (χ3v) is 7.17. The summed E-state index contributed by atoms with van der Waals surface area (Å²) in [6.45, 7) is 2.10. The Bertz CT molecular complexity index is 2030. The van der Waals surface area contributed by atoms with Crippen molar-refractivity contribution < 1.29 is 65.9 Å². The van der Waals surface area contributed by atoms with Gasteiger partial charge in [-0.05, 0) is 20.8 Å². The van der Waals surface area contributed by atoms with Gasteiger partial charge in [-0.25, -0.2) is 80.8 Å². The second kappa shape index (κ2) is 11.8. The molecule has 5 aromatic rings. The van der Waals surface area contributed by atoms with E-state index in [0.717, 1.165) is 13.8 Å². The molecule has 0 bridgehead atoms. The molecular formula is C30H10F15N3. The van der Waals surface area contributed by atoms with E-state index in [9.17, 15) is 35.1 Å². The third kappa shape index (κ3) is 4.92. The van der Waals surface area contributed by atoms with Gasteiger partial charge in [0.1, 0.15) is 23.3 Å². The molecule has 0 atom stereocenters. The Balaban J connectivity index is 1.94. The SMILES string of the molecule is Cc1c(F)c(C)c(F)c(-c2nc(-c3c(F)c(C)c(F)c(F)c3F)nc(-c3c(F)c(F)c(-c4c(F)c(F)cc(F)c4F)c(F)c3F)n2)c1F. The van der Waals surface area contributed by atoms with Gasteiger partial charge in [0.2, 0.25) is 0 Å². The van der Waals surface area contributed by atoms with Crippen LogP contribution in [0.1, 0.15) is 16.7 Å². The summed E-state index contributed by atoms with van der Waals surface area (Å²) in [6, 6.07) is -0.395. The Morgan fingerprint density at radius 1 is 0.292 bits per heavy atom. The summed E-state index contributed by atoms with van der Waals surface area (Å²) < 4.78 is 221. The molecule has 0 aliphatic rings. The van der Waals surface area contributed by atoms with Crippen molar-refractivity contribution in [3.8, 4) is 45.3 Å². The molecule has 4 aromatic carbocycles. The molecule has 0 saturated heterocycles. The van der Waals surface area contributed by atoms with Crippen LogP contribution in [0.5, 0.6) is 0 Å². The highest BCUT2D eigenvalue weighted by Crippen LogP contribution is 2.41. The largest absolute Gasteiger partial charge is 0.208 e. The predicted octanol–water partition coefficient (Wildman–Crippen LogP) is 9.55. The fourth-order valence-corrected chi connectivity index (χ4v) is 4.64. The van der Waals surface area contributed by atoms with Crippen LogP contribution in [0.25, 0.3) is 45.3 Å². The van der Waals surface area contributed by atoms with E-state index in [-0.39, 0.29) is 0 Å². The number of hydrogen-bond acceptors (Lipinski definition) is 3. The van der Waals surface area contributed by atoms with Crippen molar-refractivity contribution in [1.29, 1.82) is 0 Å². The average molecular weight is 697 g/mol. The predicted molar refractivity (Wildman–Crippen MR) is 135 cm³/mol. The molecule has 5 rings (SSSR count). The summed E-state index contributed by atoms with van der Waals surface area (Å²) in [5, 5.41) is 0. The van der Waals surface area contributed by atoms with Gasteiger partial charge in [0.25, 0.3) is 0 Å². The van der Waals surface area contributed by atoms with Crippen LogP contribution >= 0.6 is 0 Å². The lowest BCUT2D eigenvalue weighted by molar-refractivity contribution is 0.431. The van der Waals surface area contributed by atoms with Crippen molar-refractivity contribution in [3.05, 3.63) is 110 Å². The smallest absolute Gasteiger partial charge is 0.195 e. The maximum atomic E-state index is 15.5. The van der Waals surface area contributed by atoms with Gasteiger partial charge in [-0.3, -0.25) is 0 Å². The first kappa shape index (κ1) is 34.2. The highest BCUT2D eigenvalue weighted by molar-refractivity contribution is 5.74. The van der Waals surface area contributed by atoms with Crippen molar-refractivity contribution >= 4 is 0 Å². The van der Waals surface area contributed by atoms with Crippen LogP contribution in [0.15, 0.2) is 6.07 Å². The molecule has 3 nitrogen and oxygen atoms in total. The average Bonchev–Trinajstić information content (AvgIpc) is 3.04. The topological polar surface area (TPSA) is 38.7 Å². The van der Waals surface area contributed by atoms with E-state index >= 15 is 30.7 Å². The molecule has 1 aromatic heterocycles. The van der Waals surface area contributed by atoms with Crippen molar-refractivity contribution in [2.75, 3.05) is 0 Å². The standard InChI is InChI=1S/C30H10F15N3/c1-5-15(33)6(2)17(35)12(16(5)34)28-46-29(13-18(36)7(3)19(37)27(45)26(13)44)48-30(47-28)14-24(42)22(40)11(23(41)25(14)43)10-20(38)8(31)4-9(32)21(10)39/h4H,1-3H3. The number of benzene rings is 4. The van der Waals surface area contributed by atoms with Gasteiger partial charge < -0.3 is 0 Å². The minimum absolute atomic E-state index is 0.395. The van der Waals surface area contributed by atoms with E-state index in [1.54, 1.807) is 0 Å². The van der Waals surface area contributed by atoms with Gasteiger partial charge in [-0.2, -0.15) is 0 Å². The van der Waals surface area contributed by atoms with E-state index < -0.39 is 155 Å². The van der Waals surface area contributed by atoms with Gasteiger partial charge in [0.05, 0.1) is 27.8 Å². The molecular weight excluding hydrogens is 687 g/mol. The van der Waals surface area contributed by atoms with Crippen molar-refractivity contribution in [2.24, 2.45) is 0 Å². The Morgan fingerprint density at radius 3 is 0.958 bits per heavy atom. The normalized spacial score (nSPS) is 11.5. The zero-order valence-electron chi connectivity index (χ0n) is 23.6. The number of halogens is 15. The Kier molecular flexibility index (Phi) is 8.42. The van der Waals surface area contributed by atoms with E-state index in [1.165, 1.54) is 0 Å². The van der Waals surface area contributed by atoms with Gasteiger partial charge in [0, 0.05) is 22.8 Å². The molecule has 0 aliphatic heterocycles. The molecule has 0 fully saturated rings. The maximum absolute atomic E-state index is 15.5. The van der Waals surface area contributed by atoms with Gasteiger partial charge in [-0.1, -0.05) is 0 Å². The molecule has 0 amide bonds. The van der Waals surface area contributed by atoms with E-state index in [2.05, 4.69) is 15.0 Å². The zero-order valence-corrected chi connectivity index (χ0v) is 23.6. The van der Waals surface area contributed by atoms with Gasteiger partial charge in [-0.15, -0.1) is 0 Å². The van der Waals surface area contributed by atoms with Gasteiger partial charge in [0.15, 0.2) is 81.5 Å². The Hall–Kier alpha value is -5.16. The van der Waals surface area contributed by atoms with Crippen LogP contribution in [-0.4, -0.2) is 15.0 Å². The maximum Gasteiger partial charge on any atom is 0.195 e. The van der Waals surface area contributed by atoms with Crippen LogP contribution in [0.2, 0.25) is 0 Å². The molecule has 48 heavy (non-hydrogen) atoms. The van der Waals surface area contributed by atoms with Crippen LogP contribution in [-0.2, 0) is 0 Å². The fraction of sp³-hybridized carbons (Fsp3) is 0.100. The van der Waals surface area contributed by atoms with Gasteiger partial charge >= 0.3 is 0 Å². The van der Waals surface area contributed by atoms with E-state index in [0.29, 0.717) is 6.92 Å². The van der Waals surface area contributed by atoms with Crippen LogP contribution in [0, 0.1) is 108 Å². The molecule has 0 unspecified atom stereocenters. The third-order valence-electron chi connectivity index (χ3n) is 7.17. The lowest BCUT2D eigenvalue weighted by Crippen LogP contribution is -2.12. The van der Waals surface area contributed by atoms with Crippen molar-refractivity contribution in [1.82, 2.24) is 15.0 Å². The quantitative estimate of drug-likeness (QED) is 0.107. The highest BCUT2D eigenvalue weighted by atomic mass is 19.2. The number of hydrogen-bond donors (Lipinski definition) is 0. The second-order valence-electron chi connectivity index (χ2n) is 9.98. The first-order chi connectivity index (χ1) is 22.3. The van der Waals surface area contributed by atoms with Crippen LogP contribution < -0.4 is 0 Å².